The zero-order valence-corrected chi connectivity index (χ0v) is 14.6. The van der Waals surface area contributed by atoms with E-state index < -0.39 is 0 Å². The van der Waals surface area contributed by atoms with Crippen molar-refractivity contribution in [3.63, 3.8) is 0 Å². The molecule has 0 amide bonds. The number of hydrogen-bond donors (Lipinski definition) is 5. The Morgan fingerprint density at radius 3 is 1.77 bits per heavy atom. The van der Waals surface area contributed by atoms with Gasteiger partial charge in [-0.1, -0.05) is 38.5 Å². The van der Waals surface area contributed by atoms with Gasteiger partial charge in [0.15, 0.2) is 0 Å². The van der Waals surface area contributed by atoms with Crippen LogP contribution in [0.5, 0.6) is 0 Å². The van der Waals surface area contributed by atoms with Crippen molar-refractivity contribution in [2.45, 2.75) is 76.3 Å². The summed E-state index contributed by atoms with van der Waals surface area (Å²) in [6.45, 7) is 0. The van der Waals surface area contributed by atoms with Gasteiger partial charge in [-0.25, -0.2) is 11.3 Å². The molecule has 0 unspecified atom stereocenters. The van der Waals surface area contributed by atoms with E-state index in [0.717, 1.165) is 12.8 Å². The highest BCUT2D eigenvalue weighted by Gasteiger charge is 2.26. The average molecular weight is 349 g/mol. The first-order valence-corrected chi connectivity index (χ1v) is 8.84. The largest absolute Gasteiger partial charge is 0.486 e. The lowest BCUT2D eigenvalue weighted by molar-refractivity contribution is 0.124. The number of nitrogens with one attached hydrogen (secondary N) is 2. The molecule has 128 valence electrons. The number of nitrogens with two attached hydrogens (primary N) is 1. The van der Waals surface area contributed by atoms with Crippen molar-refractivity contribution in [2.75, 3.05) is 0 Å². The molecule has 0 aromatic carbocycles. The van der Waals surface area contributed by atoms with E-state index in [0.29, 0.717) is 12.1 Å². The predicted molar refractivity (Wildman–Crippen MR) is 96.5 cm³/mol. The highest BCUT2D eigenvalue weighted by molar-refractivity contribution is 7.80. The van der Waals surface area contributed by atoms with Crippen molar-refractivity contribution in [3.8, 4) is 0 Å². The Hall–Kier alpha value is -0.700. The van der Waals surface area contributed by atoms with E-state index in [4.69, 9.17) is 17.3 Å². The van der Waals surface area contributed by atoms with Crippen LogP contribution in [-0.2, 0) is 0 Å². The van der Waals surface area contributed by atoms with Crippen molar-refractivity contribution in [2.24, 2.45) is 5.84 Å². The topological polar surface area (TPSA) is 93.8 Å². The van der Waals surface area contributed by atoms with Crippen LogP contribution < -0.4 is 16.7 Å². The first-order chi connectivity index (χ1) is 10.5. The van der Waals surface area contributed by atoms with E-state index in [1.54, 1.807) is 0 Å². The zero-order valence-electron chi connectivity index (χ0n) is 13.0. The first kappa shape index (κ1) is 19.3. The summed E-state index contributed by atoms with van der Waals surface area (Å²) < 4.78 is 0. The third-order valence-electron chi connectivity index (χ3n) is 4.20. The van der Waals surface area contributed by atoms with Gasteiger partial charge < -0.3 is 10.2 Å². The standard InChI is InChI=1S/C13H24N2OS.CH4N2OS/c16-13(17)15(12-9-5-2-6-10-12)14-11-7-3-1-4-8-11;2-3-1(4)5/h11-12,14H,1-10H2,(H,16,17);2H2,(H2,3,4,5). The molecule has 0 atom stereocenters. The molecule has 2 fully saturated rings. The third kappa shape index (κ3) is 7.53. The van der Waals surface area contributed by atoms with Gasteiger partial charge in [0, 0.05) is 12.1 Å². The third-order valence-corrected chi connectivity index (χ3v) is 4.51. The normalized spacial score (nSPS) is 19.7. The van der Waals surface area contributed by atoms with Gasteiger partial charge in [0.05, 0.1) is 0 Å². The maximum atomic E-state index is 9.69. The summed E-state index contributed by atoms with van der Waals surface area (Å²) in [6.07, 6.45) is 12.5. The van der Waals surface area contributed by atoms with Crippen LogP contribution in [-0.4, -0.2) is 37.7 Å². The lowest BCUT2D eigenvalue weighted by Crippen LogP contribution is -2.53. The lowest BCUT2D eigenvalue weighted by Gasteiger charge is -2.37. The van der Waals surface area contributed by atoms with Crippen molar-refractivity contribution in [1.82, 2.24) is 15.9 Å². The fraction of sp³-hybridized carbons (Fsp3) is 0.857. The summed E-state index contributed by atoms with van der Waals surface area (Å²) in [7, 11) is 0. The van der Waals surface area contributed by atoms with Crippen molar-refractivity contribution in [3.05, 3.63) is 0 Å². The smallest absolute Gasteiger partial charge is 0.271 e. The number of rotatable bonds is 3. The molecular formula is C14H28N4O2S2. The van der Waals surface area contributed by atoms with Crippen LogP contribution in [0.15, 0.2) is 0 Å². The Balaban J connectivity index is 0.000000422. The maximum absolute atomic E-state index is 9.69. The summed E-state index contributed by atoms with van der Waals surface area (Å²) in [5.74, 6) is 4.53. The van der Waals surface area contributed by atoms with Gasteiger partial charge in [-0.05, 0) is 50.1 Å². The zero-order chi connectivity index (χ0) is 16.4. The van der Waals surface area contributed by atoms with Crippen LogP contribution >= 0.6 is 24.4 Å². The Bertz CT molecular complexity index is 346. The van der Waals surface area contributed by atoms with Gasteiger partial charge in [-0.2, -0.15) is 0 Å². The highest BCUT2D eigenvalue weighted by Crippen LogP contribution is 2.24. The fourth-order valence-corrected chi connectivity index (χ4v) is 3.29. The van der Waals surface area contributed by atoms with Crippen LogP contribution in [0.25, 0.3) is 0 Å². The monoisotopic (exact) mass is 348 g/mol. The maximum Gasteiger partial charge on any atom is 0.271 e. The molecular weight excluding hydrogens is 320 g/mol. The van der Waals surface area contributed by atoms with Crippen LogP contribution in [0.3, 0.4) is 0 Å². The minimum absolute atomic E-state index is 0.0301. The fourth-order valence-electron chi connectivity index (χ4n) is 3.08. The molecule has 0 aromatic rings. The van der Waals surface area contributed by atoms with Crippen LogP contribution in [0.1, 0.15) is 64.2 Å². The molecule has 2 aliphatic rings. The van der Waals surface area contributed by atoms with Gasteiger partial charge in [-0.3, -0.25) is 10.4 Å². The summed E-state index contributed by atoms with van der Waals surface area (Å²) in [4.78, 5) is 0. The number of nitrogens with zero attached hydrogens (tertiary/aromatic N) is 1. The molecule has 0 spiro atoms. The Morgan fingerprint density at radius 2 is 1.36 bits per heavy atom. The average Bonchev–Trinajstić information content (AvgIpc) is 2.54. The van der Waals surface area contributed by atoms with E-state index in [1.807, 2.05) is 10.4 Å². The van der Waals surface area contributed by atoms with Crippen molar-refractivity contribution < 1.29 is 10.2 Å². The summed E-state index contributed by atoms with van der Waals surface area (Å²) in [6, 6.07) is 0.916. The van der Waals surface area contributed by atoms with Crippen molar-refractivity contribution in [1.29, 1.82) is 0 Å². The van der Waals surface area contributed by atoms with Gasteiger partial charge in [0.1, 0.15) is 0 Å². The molecule has 6 N–H and O–H groups in total. The number of aliphatic hydroxyl groups is 2. The van der Waals surface area contributed by atoms with Crippen LogP contribution in [0.2, 0.25) is 0 Å². The number of hydrogen-bond acceptors (Lipinski definition) is 4. The lowest BCUT2D eigenvalue weighted by atomic mass is 9.94. The molecule has 6 nitrogen and oxygen atoms in total. The second-order valence-electron chi connectivity index (χ2n) is 5.86. The van der Waals surface area contributed by atoms with E-state index >= 15 is 0 Å². The van der Waals surface area contributed by atoms with E-state index in [9.17, 15) is 5.11 Å². The molecule has 0 saturated heterocycles. The second-order valence-corrected chi connectivity index (χ2v) is 6.61. The molecule has 0 aliphatic heterocycles. The van der Waals surface area contributed by atoms with Gasteiger partial charge >= 0.3 is 0 Å². The van der Waals surface area contributed by atoms with E-state index in [1.165, 1.54) is 51.4 Å². The summed E-state index contributed by atoms with van der Waals surface area (Å²) in [5.41, 5.74) is 5.28. The molecule has 22 heavy (non-hydrogen) atoms. The predicted octanol–water partition coefficient (Wildman–Crippen LogP) is 2.59. The van der Waals surface area contributed by atoms with E-state index in [-0.39, 0.29) is 10.3 Å². The quantitative estimate of drug-likeness (QED) is 0.302. The Labute approximate surface area is 143 Å². The molecule has 0 radical (unpaired) electrons. The summed E-state index contributed by atoms with van der Waals surface area (Å²) in [5, 5.41) is 19.1. The minimum Gasteiger partial charge on any atom is -0.486 e. The second kappa shape index (κ2) is 10.9. The molecule has 0 bridgehead atoms. The van der Waals surface area contributed by atoms with Crippen LogP contribution in [0, 0.1) is 0 Å². The van der Waals surface area contributed by atoms with E-state index in [2.05, 4.69) is 23.5 Å². The van der Waals surface area contributed by atoms with Crippen LogP contribution in [0.4, 0.5) is 0 Å². The SMILES string of the molecule is NNC(O)=S.OC(=S)N(NC1CCCCC1)C1CCCCC1. The molecule has 8 heteroatoms. The minimum atomic E-state index is -0.384. The Kier molecular flexibility index (Phi) is 9.61. The van der Waals surface area contributed by atoms with Gasteiger partial charge in [0.25, 0.3) is 10.3 Å². The van der Waals surface area contributed by atoms with Gasteiger partial charge in [-0.15, -0.1) is 0 Å². The highest BCUT2D eigenvalue weighted by atomic mass is 32.1. The molecule has 2 saturated carbocycles. The number of thiocarbonyl (C=S) groups is 2. The molecule has 2 rings (SSSR count). The molecule has 2 aliphatic carbocycles. The van der Waals surface area contributed by atoms with Crippen molar-refractivity contribution >= 4 is 34.8 Å². The van der Waals surface area contributed by atoms with Gasteiger partial charge in [0.2, 0.25) is 0 Å². The summed E-state index contributed by atoms with van der Waals surface area (Å²) >= 11 is 9.00. The Morgan fingerprint density at radius 1 is 0.909 bits per heavy atom. The first-order valence-electron chi connectivity index (χ1n) is 8.02. The molecule has 0 heterocycles. The molecule has 0 aromatic heterocycles. The number of hydrazine groups is 2. The number of aliphatic hydroxyl groups excluding tert-OH is 2.